The summed E-state index contributed by atoms with van der Waals surface area (Å²) in [5.41, 5.74) is -2.55. The number of likely N-dealkylation sites (tertiary alicyclic amines) is 1. The summed E-state index contributed by atoms with van der Waals surface area (Å²) in [4.78, 5) is 13.7. The van der Waals surface area contributed by atoms with E-state index in [1.54, 1.807) is 11.9 Å². The topological polar surface area (TPSA) is 87.5 Å². The van der Waals surface area contributed by atoms with Gasteiger partial charge in [0.25, 0.3) is 0 Å². The SMILES string of the molecule is CN1CC[C@@H](Nc2cccc3c(C(F)(F)C(F)(F)F)c(-c4nnc(CNC(=O)C5CC5)s4)nn23)[C@@H](F)C1. The van der Waals surface area contributed by atoms with Crippen LogP contribution < -0.4 is 10.6 Å². The van der Waals surface area contributed by atoms with Crippen molar-refractivity contribution in [2.24, 2.45) is 5.92 Å². The predicted molar refractivity (Wildman–Crippen MR) is 123 cm³/mol. The normalized spacial score (nSPS) is 21.4. The third-order valence-corrected chi connectivity index (χ3v) is 7.37. The van der Waals surface area contributed by atoms with E-state index in [1.807, 2.05) is 0 Å². The molecule has 0 spiro atoms. The van der Waals surface area contributed by atoms with Gasteiger partial charge >= 0.3 is 12.1 Å². The highest BCUT2D eigenvalue weighted by Crippen LogP contribution is 2.49. The molecule has 0 radical (unpaired) electrons. The van der Waals surface area contributed by atoms with Gasteiger partial charge in [0.15, 0.2) is 5.01 Å². The molecule has 1 saturated carbocycles. The first-order valence-electron chi connectivity index (χ1n) is 11.6. The summed E-state index contributed by atoms with van der Waals surface area (Å²) in [5.74, 6) is -5.43. The maximum atomic E-state index is 14.9. The van der Waals surface area contributed by atoms with Gasteiger partial charge in [-0.2, -0.15) is 27.1 Å². The quantitative estimate of drug-likeness (QED) is 0.435. The fraction of sp³-hybridized carbons (Fsp3) is 0.545. The molecule has 3 aromatic heterocycles. The minimum absolute atomic E-state index is 0.0355. The number of piperidine rings is 1. The molecule has 37 heavy (non-hydrogen) atoms. The molecule has 200 valence electrons. The molecule has 1 saturated heterocycles. The van der Waals surface area contributed by atoms with Crippen LogP contribution in [0.1, 0.15) is 29.8 Å². The third kappa shape index (κ3) is 4.98. The van der Waals surface area contributed by atoms with Crippen molar-refractivity contribution in [1.82, 2.24) is 30.0 Å². The van der Waals surface area contributed by atoms with Crippen LogP contribution in [-0.2, 0) is 17.3 Å². The van der Waals surface area contributed by atoms with Crippen molar-refractivity contribution in [1.29, 1.82) is 0 Å². The first kappa shape index (κ1) is 25.7. The van der Waals surface area contributed by atoms with Crippen LogP contribution in [0.3, 0.4) is 0 Å². The number of nitrogens with zero attached hydrogens (tertiary/aromatic N) is 5. The Bertz CT molecular complexity index is 1300. The Hall–Kier alpha value is -2.94. The van der Waals surface area contributed by atoms with Gasteiger partial charge in [0.2, 0.25) is 5.91 Å². The van der Waals surface area contributed by atoms with E-state index < -0.39 is 41.1 Å². The second-order valence-corrected chi connectivity index (χ2v) is 10.4. The Morgan fingerprint density at radius 3 is 2.59 bits per heavy atom. The van der Waals surface area contributed by atoms with Crippen molar-refractivity contribution < 1.29 is 31.1 Å². The van der Waals surface area contributed by atoms with Crippen LogP contribution in [0, 0.1) is 5.92 Å². The van der Waals surface area contributed by atoms with Crippen LogP contribution in [0.5, 0.6) is 0 Å². The molecule has 2 aliphatic rings. The lowest BCUT2D eigenvalue weighted by Crippen LogP contribution is -2.46. The highest BCUT2D eigenvalue weighted by atomic mass is 32.1. The minimum atomic E-state index is -5.90. The highest BCUT2D eigenvalue weighted by molar-refractivity contribution is 7.14. The van der Waals surface area contributed by atoms with E-state index in [2.05, 4.69) is 25.9 Å². The van der Waals surface area contributed by atoms with Crippen LogP contribution in [0.2, 0.25) is 0 Å². The molecule has 4 heterocycles. The number of hydrogen-bond acceptors (Lipinski definition) is 7. The summed E-state index contributed by atoms with van der Waals surface area (Å²) >= 11 is 0.759. The molecule has 1 aliphatic carbocycles. The summed E-state index contributed by atoms with van der Waals surface area (Å²) in [6, 6.07) is 3.16. The summed E-state index contributed by atoms with van der Waals surface area (Å²) in [6.07, 6.45) is -5.22. The van der Waals surface area contributed by atoms with Gasteiger partial charge in [-0.1, -0.05) is 17.4 Å². The first-order chi connectivity index (χ1) is 17.5. The molecular weight excluding hydrogens is 524 g/mol. The van der Waals surface area contributed by atoms with Crippen LogP contribution in [0.25, 0.3) is 16.2 Å². The Kier molecular flexibility index (Phi) is 6.54. The summed E-state index contributed by atoms with van der Waals surface area (Å²) in [6.45, 7) is 0.701. The summed E-state index contributed by atoms with van der Waals surface area (Å²) in [7, 11) is 1.77. The van der Waals surface area contributed by atoms with Crippen molar-refractivity contribution in [2.75, 3.05) is 25.5 Å². The van der Waals surface area contributed by atoms with E-state index in [0.717, 1.165) is 34.8 Å². The average molecular weight is 548 g/mol. The lowest BCUT2D eigenvalue weighted by atomic mass is 10.0. The zero-order valence-electron chi connectivity index (χ0n) is 19.5. The predicted octanol–water partition coefficient (Wildman–Crippen LogP) is 3.99. The second kappa shape index (κ2) is 9.42. The Morgan fingerprint density at radius 2 is 1.92 bits per heavy atom. The number of pyridine rings is 1. The van der Waals surface area contributed by atoms with Crippen molar-refractivity contribution in [2.45, 2.75) is 50.1 Å². The third-order valence-electron chi connectivity index (χ3n) is 6.44. The van der Waals surface area contributed by atoms with E-state index in [9.17, 15) is 31.1 Å². The van der Waals surface area contributed by atoms with Crippen molar-refractivity contribution in [3.05, 3.63) is 28.8 Å². The van der Waals surface area contributed by atoms with Crippen LogP contribution in [0.15, 0.2) is 18.2 Å². The van der Waals surface area contributed by atoms with Gasteiger partial charge in [-0.3, -0.25) is 4.79 Å². The number of rotatable bonds is 7. The van der Waals surface area contributed by atoms with Gasteiger partial charge in [-0.15, -0.1) is 10.2 Å². The van der Waals surface area contributed by atoms with Gasteiger partial charge in [0, 0.05) is 19.0 Å². The van der Waals surface area contributed by atoms with Gasteiger partial charge in [0.1, 0.15) is 22.7 Å². The van der Waals surface area contributed by atoms with Crippen molar-refractivity contribution in [3.8, 4) is 10.7 Å². The Balaban J connectivity index is 1.54. The van der Waals surface area contributed by atoms with Crippen LogP contribution in [0.4, 0.5) is 32.2 Å². The van der Waals surface area contributed by atoms with Gasteiger partial charge < -0.3 is 15.5 Å². The van der Waals surface area contributed by atoms with Gasteiger partial charge in [0.05, 0.1) is 23.7 Å². The highest BCUT2D eigenvalue weighted by Gasteiger charge is 2.61. The number of hydrogen-bond donors (Lipinski definition) is 2. The molecule has 0 unspecified atom stereocenters. The smallest absolute Gasteiger partial charge is 0.364 e. The lowest BCUT2D eigenvalue weighted by molar-refractivity contribution is -0.288. The monoisotopic (exact) mass is 547 g/mol. The molecule has 8 nitrogen and oxygen atoms in total. The molecule has 3 aromatic rings. The Morgan fingerprint density at radius 1 is 1.16 bits per heavy atom. The first-order valence-corrected chi connectivity index (χ1v) is 12.4. The standard InChI is InChI=1S/C22H23F6N7OS/c1-34-8-7-13(12(23)10-34)30-15-4-2-3-14-17(21(24,25)22(26,27)28)18(33-35(14)15)20-32-31-16(37-20)9-29-19(36)11-5-6-11/h2-4,11-13,30H,5-10H2,1H3,(H,29,36)/t12-,13+/m0/s1. The molecular formula is C22H23F6N7OS. The van der Waals surface area contributed by atoms with Gasteiger partial charge in [-0.05, 0) is 38.4 Å². The maximum Gasteiger partial charge on any atom is 0.458 e. The maximum absolute atomic E-state index is 14.9. The number of amides is 1. The zero-order valence-corrected chi connectivity index (χ0v) is 20.3. The fourth-order valence-electron chi connectivity index (χ4n) is 4.26. The number of carbonyl (C=O) groups is 1. The number of nitrogens with one attached hydrogen (secondary N) is 2. The number of halogens is 6. The molecule has 1 aliphatic heterocycles. The van der Waals surface area contributed by atoms with E-state index in [-0.39, 0.29) is 40.7 Å². The number of fused-ring (bicyclic) bond motifs is 1. The molecule has 0 aromatic carbocycles. The minimum Gasteiger partial charge on any atom is -0.364 e. The molecule has 2 atom stereocenters. The Labute approximate surface area is 211 Å². The number of carbonyl (C=O) groups excluding carboxylic acids is 1. The molecule has 15 heteroatoms. The second-order valence-electron chi connectivity index (χ2n) is 9.31. The summed E-state index contributed by atoms with van der Waals surface area (Å²) in [5, 5.41) is 17.3. The number of aromatic nitrogens is 4. The molecule has 1 amide bonds. The molecule has 0 bridgehead atoms. The van der Waals surface area contributed by atoms with Crippen molar-refractivity contribution >= 4 is 28.6 Å². The fourth-order valence-corrected chi connectivity index (χ4v) is 5.03. The molecule has 5 rings (SSSR count). The zero-order chi connectivity index (χ0) is 26.5. The van der Waals surface area contributed by atoms with Gasteiger partial charge in [-0.25, -0.2) is 8.91 Å². The largest absolute Gasteiger partial charge is 0.458 e. The van der Waals surface area contributed by atoms with Crippen LogP contribution >= 0.6 is 11.3 Å². The van der Waals surface area contributed by atoms with E-state index >= 15 is 0 Å². The number of alkyl halides is 6. The number of anilines is 1. The lowest BCUT2D eigenvalue weighted by Gasteiger charge is -2.33. The van der Waals surface area contributed by atoms with Crippen LogP contribution in [-0.4, -0.2) is 69.1 Å². The van der Waals surface area contributed by atoms with E-state index in [4.69, 9.17) is 0 Å². The van der Waals surface area contributed by atoms with Crippen molar-refractivity contribution in [3.63, 3.8) is 0 Å². The molecule has 2 N–H and O–H groups in total. The van der Waals surface area contributed by atoms with E-state index in [0.29, 0.717) is 13.0 Å². The summed E-state index contributed by atoms with van der Waals surface area (Å²) < 4.78 is 85.9. The van der Waals surface area contributed by atoms with E-state index in [1.165, 1.54) is 12.1 Å². The molecule has 2 fully saturated rings. The average Bonchev–Trinajstić information content (AvgIpc) is 3.43.